The number of aromatic hydroxyl groups is 1. The van der Waals surface area contributed by atoms with Crippen LogP contribution in [0.15, 0.2) is 32.7 Å². The van der Waals surface area contributed by atoms with Gasteiger partial charge in [-0.05, 0) is 34.1 Å². The molecule has 88 valence electrons. The molecule has 0 aliphatic heterocycles. The summed E-state index contributed by atoms with van der Waals surface area (Å²) in [4.78, 5) is 15.8. The molecule has 0 atom stereocenters. The van der Waals surface area contributed by atoms with Crippen molar-refractivity contribution in [3.05, 3.63) is 38.2 Å². The largest absolute Gasteiger partial charge is 0.507 e. The molecule has 1 amide bonds. The van der Waals surface area contributed by atoms with Crippen molar-refractivity contribution in [2.45, 2.75) is 0 Å². The highest BCUT2D eigenvalue weighted by atomic mass is 79.9. The fourth-order valence-electron chi connectivity index (χ4n) is 1.17. The summed E-state index contributed by atoms with van der Waals surface area (Å²) in [5.41, 5.74) is 0.208. The number of nitrogens with one attached hydrogen (secondary N) is 1. The molecule has 4 nitrogen and oxygen atoms in total. The van der Waals surface area contributed by atoms with Crippen molar-refractivity contribution < 1.29 is 9.90 Å². The first kappa shape index (κ1) is 12.5. The van der Waals surface area contributed by atoms with E-state index in [0.717, 1.165) is 3.79 Å². The Labute approximate surface area is 118 Å². The highest BCUT2D eigenvalue weighted by Crippen LogP contribution is 2.26. The average molecular weight is 378 g/mol. The number of carbonyl (C=O) groups excluding carboxylic acids is 1. The van der Waals surface area contributed by atoms with Crippen LogP contribution in [0.5, 0.6) is 5.75 Å². The normalized spacial score (nSPS) is 10.2. The van der Waals surface area contributed by atoms with Gasteiger partial charge in [0.2, 0.25) is 0 Å². The lowest BCUT2D eigenvalue weighted by Crippen LogP contribution is -2.11. The zero-order chi connectivity index (χ0) is 12.4. The lowest BCUT2D eigenvalue weighted by atomic mass is 10.2. The van der Waals surface area contributed by atoms with Gasteiger partial charge in [-0.2, -0.15) is 0 Å². The van der Waals surface area contributed by atoms with Crippen molar-refractivity contribution in [2.75, 3.05) is 5.32 Å². The molecule has 1 heterocycles. The molecule has 1 aromatic carbocycles. The van der Waals surface area contributed by atoms with Crippen LogP contribution in [0.25, 0.3) is 0 Å². The van der Waals surface area contributed by atoms with E-state index in [0.29, 0.717) is 9.60 Å². The summed E-state index contributed by atoms with van der Waals surface area (Å²) in [7, 11) is 0. The number of amides is 1. The quantitative estimate of drug-likeness (QED) is 0.839. The summed E-state index contributed by atoms with van der Waals surface area (Å²) in [5, 5.41) is 12.7. The maximum atomic E-state index is 11.8. The zero-order valence-corrected chi connectivity index (χ0v) is 12.3. The molecule has 0 aliphatic rings. The third kappa shape index (κ3) is 3.05. The number of thiazole rings is 1. The van der Waals surface area contributed by atoms with Gasteiger partial charge in [0, 0.05) is 4.47 Å². The Bertz CT molecular complexity index is 571. The lowest BCUT2D eigenvalue weighted by molar-refractivity contribution is 0.102. The van der Waals surface area contributed by atoms with Crippen molar-refractivity contribution in [1.29, 1.82) is 0 Å². The molecule has 0 saturated carbocycles. The summed E-state index contributed by atoms with van der Waals surface area (Å²) in [6, 6.07) is 4.69. The Morgan fingerprint density at radius 3 is 2.76 bits per heavy atom. The molecule has 1 aromatic heterocycles. The van der Waals surface area contributed by atoms with Crippen LogP contribution in [-0.4, -0.2) is 16.0 Å². The Morgan fingerprint density at radius 2 is 2.18 bits per heavy atom. The number of anilines is 1. The molecule has 0 aliphatic carbocycles. The van der Waals surface area contributed by atoms with Crippen molar-refractivity contribution in [1.82, 2.24) is 4.98 Å². The number of halogens is 2. The molecule has 17 heavy (non-hydrogen) atoms. The number of phenols is 1. The standard InChI is InChI=1S/C10H6Br2N2O2S/c11-5-1-2-6(7(15)3-5)9(16)14-10-13-4-8(12)17-10/h1-4,15H,(H,13,14,16). The predicted molar refractivity (Wildman–Crippen MR) is 73.6 cm³/mol. The predicted octanol–water partition coefficient (Wildman–Crippen LogP) is 3.63. The van der Waals surface area contributed by atoms with Crippen LogP contribution in [0.2, 0.25) is 0 Å². The molecule has 7 heteroatoms. The van der Waals surface area contributed by atoms with E-state index in [-0.39, 0.29) is 11.3 Å². The summed E-state index contributed by atoms with van der Waals surface area (Å²) in [6.07, 6.45) is 1.60. The van der Waals surface area contributed by atoms with Crippen molar-refractivity contribution >= 4 is 54.2 Å². The zero-order valence-electron chi connectivity index (χ0n) is 8.28. The summed E-state index contributed by atoms with van der Waals surface area (Å²) in [6.45, 7) is 0. The second-order valence-corrected chi connectivity index (χ2v) is 6.41. The molecular formula is C10H6Br2N2O2S. The second kappa shape index (κ2) is 5.16. The molecule has 2 aromatic rings. The fraction of sp³-hybridized carbons (Fsp3) is 0. The Hall–Kier alpha value is -0.920. The molecule has 2 rings (SSSR count). The Morgan fingerprint density at radius 1 is 1.41 bits per heavy atom. The van der Waals surface area contributed by atoms with Crippen LogP contribution < -0.4 is 5.32 Å². The molecule has 0 radical (unpaired) electrons. The number of aromatic nitrogens is 1. The van der Waals surface area contributed by atoms with Crippen molar-refractivity contribution in [3.8, 4) is 5.75 Å². The number of rotatable bonds is 2. The number of hydrogen-bond acceptors (Lipinski definition) is 4. The number of nitrogens with zero attached hydrogens (tertiary/aromatic N) is 1. The molecule has 0 unspecified atom stereocenters. The smallest absolute Gasteiger partial charge is 0.261 e. The second-order valence-electron chi connectivity index (χ2n) is 3.09. The number of phenolic OH excluding ortho intramolecular Hbond substituents is 1. The van der Waals surface area contributed by atoms with E-state index in [9.17, 15) is 9.90 Å². The minimum absolute atomic E-state index is 0.0764. The van der Waals surface area contributed by atoms with Crippen LogP contribution >= 0.6 is 43.2 Å². The van der Waals surface area contributed by atoms with Gasteiger partial charge >= 0.3 is 0 Å². The fourth-order valence-corrected chi connectivity index (χ4v) is 2.62. The molecule has 0 spiro atoms. The lowest BCUT2D eigenvalue weighted by Gasteiger charge is -2.04. The molecule has 2 N–H and O–H groups in total. The topological polar surface area (TPSA) is 62.2 Å². The van der Waals surface area contributed by atoms with Gasteiger partial charge in [0.15, 0.2) is 5.13 Å². The molecule has 0 saturated heterocycles. The average Bonchev–Trinajstić information content (AvgIpc) is 2.63. The highest BCUT2D eigenvalue weighted by Gasteiger charge is 2.12. The minimum Gasteiger partial charge on any atom is -0.507 e. The first-order valence-corrected chi connectivity index (χ1v) is 6.87. The van der Waals surface area contributed by atoms with E-state index >= 15 is 0 Å². The molecule has 0 bridgehead atoms. The maximum absolute atomic E-state index is 11.8. The number of hydrogen-bond donors (Lipinski definition) is 2. The van der Waals surface area contributed by atoms with E-state index in [1.54, 1.807) is 12.3 Å². The van der Waals surface area contributed by atoms with E-state index in [1.807, 2.05) is 0 Å². The monoisotopic (exact) mass is 376 g/mol. The van der Waals surface area contributed by atoms with E-state index in [4.69, 9.17) is 0 Å². The van der Waals surface area contributed by atoms with E-state index in [1.165, 1.54) is 23.5 Å². The van der Waals surface area contributed by atoms with Gasteiger partial charge in [-0.3, -0.25) is 10.1 Å². The van der Waals surface area contributed by atoms with Crippen LogP contribution in [0.3, 0.4) is 0 Å². The highest BCUT2D eigenvalue weighted by molar-refractivity contribution is 9.11. The van der Waals surface area contributed by atoms with Crippen LogP contribution in [0.4, 0.5) is 5.13 Å². The van der Waals surface area contributed by atoms with Gasteiger partial charge in [-0.25, -0.2) is 4.98 Å². The summed E-state index contributed by atoms with van der Waals surface area (Å²) < 4.78 is 1.54. The van der Waals surface area contributed by atoms with Crippen LogP contribution in [0.1, 0.15) is 10.4 Å². The van der Waals surface area contributed by atoms with E-state index in [2.05, 4.69) is 42.2 Å². The number of benzene rings is 1. The third-order valence-corrected chi connectivity index (χ3v) is 3.79. The van der Waals surface area contributed by atoms with Crippen molar-refractivity contribution in [3.63, 3.8) is 0 Å². The van der Waals surface area contributed by atoms with E-state index < -0.39 is 5.91 Å². The minimum atomic E-state index is -0.392. The van der Waals surface area contributed by atoms with Gasteiger partial charge < -0.3 is 5.11 Å². The Balaban J connectivity index is 2.20. The summed E-state index contributed by atoms with van der Waals surface area (Å²) in [5.74, 6) is -0.468. The van der Waals surface area contributed by atoms with Gasteiger partial charge in [-0.1, -0.05) is 27.3 Å². The van der Waals surface area contributed by atoms with Crippen molar-refractivity contribution in [2.24, 2.45) is 0 Å². The van der Waals surface area contributed by atoms with Gasteiger partial charge in [0.1, 0.15) is 5.75 Å². The molecular weight excluding hydrogens is 372 g/mol. The van der Waals surface area contributed by atoms with Crippen LogP contribution in [0, 0.1) is 0 Å². The summed E-state index contributed by atoms with van der Waals surface area (Å²) >= 11 is 7.76. The first-order chi connectivity index (χ1) is 8.06. The first-order valence-electron chi connectivity index (χ1n) is 4.47. The number of carbonyl (C=O) groups is 1. The maximum Gasteiger partial charge on any atom is 0.261 e. The Kier molecular flexibility index (Phi) is 3.80. The van der Waals surface area contributed by atoms with Gasteiger partial charge in [-0.15, -0.1) is 0 Å². The van der Waals surface area contributed by atoms with Gasteiger partial charge in [0.25, 0.3) is 5.91 Å². The van der Waals surface area contributed by atoms with Gasteiger partial charge in [0.05, 0.1) is 15.5 Å². The third-order valence-electron chi connectivity index (χ3n) is 1.90. The molecule has 0 fully saturated rings. The SMILES string of the molecule is O=C(Nc1ncc(Br)s1)c1ccc(Br)cc1O. The van der Waals surface area contributed by atoms with Crippen LogP contribution in [-0.2, 0) is 0 Å².